The molecule has 3 rings (SSSR count). The van der Waals surface area contributed by atoms with Gasteiger partial charge in [-0.3, -0.25) is 9.59 Å². The minimum absolute atomic E-state index is 0.0229. The Kier molecular flexibility index (Phi) is 8.54. The minimum Gasteiger partial charge on any atom is -0.491 e. The normalized spacial score (nSPS) is 10.8. The Balaban J connectivity index is 1.81. The van der Waals surface area contributed by atoms with E-state index in [1.54, 1.807) is 18.2 Å². The average molecular weight is 549 g/mol. The fourth-order valence-electron chi connectivity index (χ4n) is 2.88. The number of carbonyl (C=O) groups is 2. The van der Waals surface area contributed by atoms with Gasteiger partial charge < -0.3 is 20.4 Å². The van der Waals surface area contributed by atoms with E-state index in [0.717, 1.165) is 4.47 Å². The van der Waals surface area contributed by atoms with E-state index in [2.05, 4.69) is 48.4 Å². The first kappa shape index (κ1) is 25.8. The molecule has 0 aliphatic carbocycles. The van der Waals surface area contributed by atoms with Crippen LogP contribution in [0, 0.1) is 11.8 Å². The first-order valence-corrected chi connectivity index (χ1v) is 11.1. The molecule has 3 aromatic rings. The molecule has 0 atom stereocenters. The predicted molar refractivity (Wildman–Crippen MR) is 127 cm³/mol. The molecule has 0 radical (unpaired) electrons. The van der Waals surface area contributed by atoms with Crippen molar-refractivity contribution >= 4 is 33.4 Å². The topological polar surface area (TPSA) is 96.1 Å². The molecule has 1 heterocycles. The Labute approximate surface area is 207 Å². The van der Waals surface area contributed by atoms with E-state index in [1.807, 2.05) is 6.07 Å². The number of anilines is 1. The Morgan fingerprint density at radius 2 is 2.00 bits per heavy atom. The molecule has 35 heavy (non-hydrogen) atoms. The quantitative estimate of drug-likeness (QED) is 0.293. The molecule has 1 aromatic heterocycles. The summed E-state index contributed by atoms with van der Waals surface area (Å²) in [5.74, 6) is 4.69. The highest BCUT2D eigenvalue weighted by atomic mass is 79.9. The third-order valence-electron chi connectivity index (χ3n) is 4.48. The number of hydrogen-bond acceptors (Lipinski definition) is 4. The molecule has 0 saturated carbocycles. The summed E-state index contributed by atoms with van der Waals surface area (Å²) < 4.78 is 45.4. The molecule has 0 bridgehead atoms. The molecule has 0 aliphatic rings. The first-order chi connectivity index (χ1) is 16.6. The number of aromatic nitrogens is 2. The number of carbonyl (C=O) groups excluding carboxylic acids is 2. The van der Waals surface area contributed by atoms with Crippen molar-refractivity contribution < 1.29 is 27.5 Å². The van der Waals surface area contributed by atoms with Crippen molar-refractivity contribution in [2.45, 2.75) is 19.5 Å². The molecule has 0 spiro atoms. The third-order valence-corrected chi connectivity index (χ3v) is 4.97. The van der Waals surface area contributed by atoms with Gasteiger partial charge in [-0.1, -0.05) is 27.9 Å². The number of ether oxygens (including phenoxy) is 1. The number of nitrogens with one attached hydrogen (secondary N) is 3. The summed E-state index contributed by atoms with van der Waals surface area (Å²) in [5.41, 5.74) is 0.145. The number of nitrogens with zero attached hydrogens (tertiary/aromatic N) is 1. The lowest BCUT2D eigenvalue weighted by Crippen LogP contribution is -2.22. The fraction of sp³-hybridized carbons (Fsp3) is 0.208. The van der Waals surface area contributed by atoms with Gasteiger partial charge in [-0.2, -0.15) is 13.2 Å². The second-order valence-corrected chi connectivity index (χ2v) is 8.17. The maximum Gasteiger partial charge on any atom is 0.432 e. The minimum atomic E-state index is -4.57. The molecule has 0 aliphatic heterocycles. The van der Waals surface area contributed by atoms with Crippen LogP contribution < -0.4 is 15.4 Å². The van der Waals surface area contributed by atoms with Crippen molar-refractivity contribution in [2.75, 3.05) is 18.5 Å². The second kappa shape index (κ2) is 11.6. The molecule has 0 saturated heterocycles. The van der Waals surface area contributed by atoms with Crippen LogP contribution in [-0.4, -0.2) is 34.9 Å². The lowest BCUT2D eigenvalue weighted by atomic mass is 10.1. The zero-order valence-corrected chi connectivity index (χ0v) is 20.0. The maximum absolute atomic E-state index is 12.9. The fourth-order valence-corrected chi connectivity index (χ4v) is 3.28. The van der Waals surface area contributed by atoms with Crippen molar-refractivity contribution in [2.24, 2.45) is 0 Å². The van der Waals surface area contributed by atoms with Crippen LogP contribution in [0.15, 0.2) is 53.1 Å². The molecular weight excluding hydrogens is 529 g/mol. The zero-order chi connectivity index (χ0) is 25.4. The standard InChI is InChI=1S/C24H20BrF3N4O3/c1-15(33)29-10-3-11-35-20-8-7-17(23-30-14-21(32-23)24(26,27)28)13-19(20)31-22(34)9-6-16-4-2-5-18(25)12-16/h2,4-5,7-8,12-14H,3,10-11H2,1H3,(H,29,33)(H,30,32)(H,31,34). The number of benzene rings is 2. The van der Waals surface area contributed by atoms with E-state index in [0.29, 0.717) is 30.3 Å². The molecule has 3 N–H and O–H groups in total. The second-order valence-electron chi connectivity index (χ2n) is 7.25. The van der Waals surface area contributed by atoms with Crippen molar-refractivity contribution in [3.8, 4) is 29.0 Å². The van der Waals surface area contributed by atoms with E-state index in [1.165, 1.54) is 25.1 Å². The Morgan fingerprint density at radius 3 is 2.69 bits per heavy atom. The van der Waals surface area contributed by atoms with E-state index in [-0.39, 0.29) is 29.8 Å². The van der Waals surface area contributed by atoms with Crippen LogP contribution in [0.4, 0.5) is 18.9 Å². The Bertz CT molecular complexity index is 1280. The van der Waals surface area contributed by atoms with Gasteiger partial charge in [-0.25, -0.2) is 4.98 Å². The smallest absolute Gasteiger partial charge is 0.432 e. The van der Waals surface area contributed by atoms with E-state index in [4.69, 9.17) is 4.74 Å². The SMILES string of the molecule is CC(=O)NCCCOc1ccc(-c2ncc(C(F)(F)F)[nH]2)cc1NC(=O)C#Cc1cccc(Br)c1. The van der Waals surface area contributed by atoms with Gasteiger partial charge in [0.25, 0.3) is 0 Å². The average Bonchev–Trinajstić information content (AvgIpc) is 3.29. The Morgan fingerprint density at radius 1 is 1.20 bits per heavy atom. The van der Waals surface area contributed by atoms with Gasteiger partial charge in [-0.15, -0.1) is 0 Å². The summed E-state index contributed by atoms with van der Waals surface area (Å²) in [6, 6.07) is 11.6. The number of imidazole rings is 1. The van der Waals surface area contributed by atoms with Gasteiger partial charge in [-0.05, 0) is 42.8 Å². The summed E-state index contributed by atoms with van der Waals surface area (Å²) in [6.07, 6.45) is -3.37. The van der Waals surface area contributed by atoms with Gasteiger partial charge in [0.1, 0.15) is 17.3 Å². The summed E-state index contributed by atoms with van der Waals surface area (Å²) in [7, 11) is 0. The Hall–Kier alpha value is -3.78. The van der Waals surface area contributed by atoms with Crippen LogP contribution in [-0.2, 0) is 15.8 Å². The number of rotatable bonds is 7. The lowest BCUT2D eigenvalue weighted by Gasteiger charge is -2.13. The summed E-state index contributed by atoms with van der Waals surface area (Å²) in [6.45, 7) is 2.03. The highest BCUT2D eigenvalue weighted by molar-refractivity contribution is 9.10. The highest BCUT2D eigenvalue weighted by Gasteiger charge is 2.33. The van der Waals surface area contributed by atoms with Crippen molar-refractivity contribution in [1.82, 2.24) is 15.3 Å². The molecular formula is C24H20BrF3N4O3. The highest BCUT2D eigenvalue weighted by Crippen LogP contribution is 2.33. The monoisotopic (exact) mass is 548 g/mol. The van der Waals surface area contributed by atoms with Gasteiger partial charge >= 0.3 is 12.1 Å². The number of halogens is 4. The maximum atomic E-state index is 12.9. The van der Waals surface area contributed by atoms with Gasteiger partial charge in [0.15, 0.2) is 0 Å². The summed E-state index contributed by atoms with van der Waals surface area (Å²) in [5, 5.41) is 5.26. The van der Waals surface area contributed by atoms with Gasteiger partial charge in [0.2, 0.25) is 5.91 Å². The van der Waals surface area contributed by atoms with Crippen molar-refractivity contribution in [3.63, 3.8) is 0 Å². The number of H-pyrrole nitrogens is 1. The van der Waals surface area contributed by atoms with Gasteiger partial charge in [0.05, 0.1) is 18.5 Å². The lowest BCUT2D eigenvalue weighted by molar-refractivity contribution is -0.140. The van der Waals surface area contributed by atoms with Crippen LogP contribution in [0.2, 0.25) is 0 Å². The summed E-state index contributed by atoms with van der Waals surface area (Å²) in [4.78, 5) is 29.5. The zero-order valence-electron chi connectivity index (χ0n) is 18.4. The van der Waals surface area contributed by atoms with Crippen LogP contribution in [0.25, 0.3) is 11.4 Å². The summed E-state index contributed by atoms with van der Waals surface area (Å²) >= 11 is 3.33. The first-order valence-electron chi connectivity index (χ1n) is 10.3. The number of amides is 2. The number of aromatic amines is 1. The molecule has 0 fully saturated rings. The van der Waals surface area contributed by atoms with E-state index in [9.17, 15) is 22.8 Å². The van der Waals surface area contributed by atoms with Gasteiger partial charge in [0, 0.05) is 35.0 Å². The molecule has 0 unspecified atom stereocenters. The van der Waals surface area contributed by atoms with Crippen LogP contribution in [0.1, 0.15) is 24.6 Å². The number of hydrogen-bond donors (Lipinski definition) is 3. The van der Waals surface area contributed by atoms with Crippen LogP contribution in [0.5, 0.6) is 5.75 Å². The van der Waals surface area contributed by atoms with Crippen LogP contribution in [0.3, 0.4) is 0 Å². The van der Waals surface area contributed by atoms with E-state index < -0.39 is 17.8 Å². The largest absolute Gasteiger partial charge is 0.491 e. The molecule has 11 heteroatoms. The molecule has 7 nitrogen and oxygen atoms in total. The van der Waals surface area contributed by atoms with E-state index >= 15 is 0 Å². The molecule has 2 aromatic carbocycles. The van der Waals surface area contributed by atoms with Crippen molar-refractivity contribution in [1.29, 1.82) is 0 Å². The molecule has 2 amide bonds. The third kappa shape index (κ3) is 7.89. The molecule has 182 valence electrons. The number of alkyl halides is 3. The van der Waals surface area contributed by atoms with Crippen LogP contribution >= 0.6 is 15.9 Å². The van der Waals surface area contributed by atoms with Crippen molar-refractivity contribution in [3.05, 3.63) is 64.4 Å². The predicted octanol–water partition coefficient (Wildman–Crippen LogP) is 4.75.